The van der Waals surface area contributed by atoms with Crippen molar-refractivity contribution in [3.05, 3.63) is 64.2 Å². The van der Waals surface area contributed by atoms with Crippen molar-refractivity contribution in [1.82, 2.24) is 4.98 Å². The number of rotatable bonds is 3. The van der Waals surface area contributed by atoms with Crippen LogP contribution in [0.5, 0.6) is 0 Å². The van der Waals surface area contributed by atoms with Crippen LogP contribution in [0, 0.1) is 0 Å². The Hall–Kier alpha value is -1.58. The van der Waals surface area contributed by atoms with Crippen LogP contribution < -0.4 is 4.90 Å². The first-order valence-corrected chi connectivity index (χ1v) is 7.94. The maximum Gasteiger partial charge on any atom is 0.147 e. The summed E-state index contributed by atoms with van der Waals surface area (Å²) in [5, 5.41) is 3.06. The second-order valence-electron chi connectivity index (χ2n) is 4.70. The Balaban J connectivity index is 2.18. The third-order valence-electron chi connectivity index (χ3n) is 3.42. The lowest BCUT2D eigenvalue weighted by Gasteiger charge is -2.24. The van der Waals surface area contributed by atoms with Gasteiger partial charge >= 0.3 is 0 Å². The van der Waals surface area contributed by atoms with Crippen molar-refractivity contribution in [1.29, 1.82) is 0 Å². The number of nitrogens with zero attached hydrogens (tertiary/aromatic N) is 2. The molecule has 0 amide bonds. The first kappa shape index (κ1) is 14.4. The largest absolute Gasteiger partial charge is 0.325 e. The lowest BCUT2D eigenvalue weighted by atomic mass is 10.1. The molecule has 0 saturated heterocycles. The standard InChI is InChI=1S/C17H14BrClN2/c1-2-21(17-15(18)10-13(19)11-20-17)16-9-5-7-12-6-3-4-8-14(12)16/h3-11H,2H2,1H3. The quantitative estimate of drug-likeness (QED) is 0.585. The van der Waals surface area contributed by atoms with Crippen LogP contribution in [0.2, 0.25) is 5.02 Å². The molecule has 0 aliphatic carbocycles. The molecule has 0 aliphatic rings. The fourth-order valence-corrected chi connectivity index (χ4v) is 3.34. The number of aromatic nitrogens is 1. The summed E-state index contributed by atoms with van der Waals surface area (Å²) in [5.74, 6) is 0.873. The molecule has 3 rings (SSSR count). The van der Waals surface area contributed by atoms with Crippen LogP contribution in [-0.2, 0) is 0 Å². The molecule has 0 fully saturated rings. The Bertz CT molecular complexity index is 783. The highest BCUT2D eigenvalue weighted by Gasteiger charge is 2.14. The predicted octanol–water partition coefficient (Wildman–Crippen LogP) is 5.81. The van der Waals surface area contributed by atoms with Gasteiger partial charge < -0.3 is 4.90 Å². The van der Waals surface area contributed by atoms with Crippen molar-refractivity contribution in [3.63, 3.8) is 0 Å². The zero-order chi connectivity index (χ0) is 14.8. The molecule has 0 saturated carbocycles. The van der Waals surface area contributed by atoms with Crippen molar-refractivity contribution in [2.45, 2.75) is 6.92 Å². The van der Waals surface area contributed by atoms with E-state index in [1.165, 1.54) is 10.8 Å². The summed E-state index contributed by atoms with van der Waals surface area (Å²) in [6.45, 7) is 2.94. The van der Waals surface area contributed by atoms with E-state index in [9.17, 15) is 0 Å². The molecule has 21 heavy (non-hydrogen) atoms. The Morgan fingerprint density at radius 3 is 2.67 bits per heavy atom. The zero-order valence-electron chi connectivity index (χ0n) is 11.6. The second kappa shape index (κ2) is 6.04. The Morgan fingerprint density at radius 2 is 1.90 bits per heavy atom. The minimum absolute atomic E-state index is 0.625. The molecule has 1 aromatic heterocycles. The van der Waals surface area contributed by atoms with E-state index in [0.717, 1.165) is 22.5 Å². The zero-order valence-corrected chi connectivity index (χ0v) is 13.9. The highest BCUT2D eigenvalue weighted by molar-refractivity contribution is 9.10. The van der Waals surface area contributed by atoms with E-state index in [1.54, 1.807) is 6.20 Å². The van der Waals surface area contributed by atoms with Gasteiger partial charge in [-0.1, -0.05) is 48.0 Å². The van der Waals surface area contributed by atoms with Gasteiger partial charge in [-0.15, -0.1) is 0 Å². The summed E-state index contributed by atoms with van der Waals surface area (Å²) in [6, 6.07) is 16.6. The van der Waals surface area contributed by atoms with Gasteiger partial charge in [-0.05, 0) is 40.4 Å². The second-order valence-corrected chi connectivity index (χ2v) is 5.99. The van der Waals surface area contributed by atoms with Gasteiger partial charge in [-0.3, -0.25) is 0 Å². The Morgan fingerprint density at radius 1 is 1.14 bits per heavy atom. The molecular formula is C17H14BrClN2. The lowest BCUT2D eigenvalue weighted by Crippen LogP contribution is -2.18. The minimum Gasteiger partial charge on any atom is -0.325 e. The van der Waals surface area contributed by atoms with E-state index >= 15 is 0 Å². The average Bonchev–Trinajstić information content (AvgIpc) is 2.50. The van der Waals surface area contributed by atoms with E-state index in [4.69, 9.17) is 11.6 Å². The third-order valence-corrected chi connectivity index (χ3v) is 4.21. The number of halogens is 2. The van der Waals surface area contributed by atoms with Gasteiger partial charge in [0.2, 0.25) is 0 Å². The van der Waals surface area contributed by atoms with Gasteiger partial charge in [-0.25, -0.2) is 4.98 Å². The number of hydrogen-bond acceptors (Lipinski definition) is 2. The minimum atomic E-state index is 0.625. The van der Waals surface area contributed by atoms with E-state index in [1.807, 2.05) is 6.07 Å². The van der Waals surface area contributed by atoms with Gasteiger partial charge in [0, 0.05) is 18.1 Å². The molecular weight excluding hydrogens is 348 g/mol. The topological polar surface area (TPSA) is 16.1 Å². The van der Waals surface area contributed by atoms with E-state index in [0.29, 0.717) is 5.02 Å². The van der Waals surface area contributed by atoms with Gasteiger partial charge in [0.05, 0.1) is 15.2 Å². The molecule has 0 N–H and O–H groups in total. The van der Waals surface area contributed by atoms with Crippen LogP contribution in [0.3, 0.4) is 0 Å². The first-order chi connectivity index (χ1) is 10.2. The molecule has 0 aliphatic heterocycles. The molecule has 3 aromatic rings. The van der Waals surface area contributed by atoms with Crippen molar-refractivity contribution in [3.8, 4) is 0 Å². The maximum atomic E-state index is 5.99. The van der Waals surface area contributed by atoms with Crippen LogP contribution in [0.15, 0.2) is 59.2 Å². The highest BCUT2D eigenvalue weighted by atomic mass is 79.9. The first-order valence-electron chi connectivity index (χ1n) is 6.77. The van der Waals surface area contributed by atoms with Gasteiger partial charge in [0.15, 0.2) is 0 Å². The SMILES string of the molecule is CCN(c1ncc(Cl)cc1Br)c1cccc2ccccc12. The molecule has 106 valence electrons. The third kappa shape index (κ3) is 2.76. The van der Waals surface area contributed by atoms with Gasteiger partial charge in [0.25, 0.3) is 0 Å². The summed E-state index contributed by atoms with van der Waals surface area (Å²) in [6.07, 6.45) is 1.68. The normalized spacial score (nSPS) is 10.8. The molecule has 4 heteroatoms. The predicted molar refractivity (Wildman–Crippen MR) is 93.6 cm³/mol. The van der Waals surface area contributed by atoms with E-state index in [2.05, 4.69) is 75.2 Å². The van der Waals surface area contributed by atoms with Crippen molar-refractivity contribution >= 4 is 49.8 Å². The average molecular weight is 362 g/mol. The molecule has 0 spiro atoms. The summed E-state index contributed by atoms with van der Waals surface area (Å²) in [7, 11) is 0. The molecule has 0 bridgehead atoms. The summed E-state index contributed by atoms with van der Waals surface area (Å²) >= 11 is 9.56. The number of hydrogen-bond donors (Lipinski definition) is 0. The summed E-state index contributed by atoms with van der Waals surface area (Å²) < 4.78 is 0.893. The summed E-state index contributed by atoms with van der Waals surface area (Å²) in [4.78, 5) is 6.66. The van der Waals surface area contributed by atoms with Crippen LogP contribution in [0.25, 0.3) is 10.8 Å². The molecule has 2 nitrogen and oxygen atoms in total. The molecule has 0 atom stereocenters. The van der Waals surface area contributed by atoms with Crippen LogP contribution in [0.4, 0.5) is 11.5 Å². The molecule has 0 radical (unpaired) electrons. The maximum absolute atomic E-state index is 5.99. The van der Waals surface area contributed by atoms with Crippen LogP contribution in [-0.4, -0.2) is 11.5 Å². The molecule has 2 aromatic carbocycles. The number of benzene rings is 2. The lowest BCUT2D eigenvalue weighted by molar-refractivity contribution is 0.990. The Labute approximate surface area is 137 Å². The molecule has 0 unspecified atom stereocenters. The fourth-order valence-electron chi connectivity index (χ4n) is 2.48. The molecule has 1 heterocycles. The number of pyridine rings is 1. The van der Waals surface area contributed by atoms with E-state index in [-0.39, 0.29) is 0 Å². The summed E-state index contributed by atoms with van der Waals surface area (Å²) in [5.41, 5.74) is 1.14. The van der Waals surface area contributed by atoms with Gasteiger partial charge in [0.1, 0.15) is 5.82 Å². The van der Waals surface area contributed by atoms with Crippen molar-refractivity contribution < 1.29 is 0 Å². The number of anilines is 2. The van der Waals surface area contributed by atoms with Crippen LogP contribution >= 0.6 is 27.5 Å². The highest BCUT2D eigenvalue weighted by Crippen LogP contribution is 2.35. The Kier molecular flexibility index (Phi) is 4.13. The smallest absolute Gasteiger partial charge is 0.147 e. The van der Waals surface area contributed by atoms with Crippen molar-refractivity contribution in [2.24, 2.45) is 0 Å². The number of fused-ring (bicyclic) bond motifs is 1. The fraction of sp³-hybridized carbons (Fsp3) is 0.118. The van der Waals surface area contributed by atoms with Gasteiger partial charge in [-0.2, -0.15) is 0 Å². The van der Waals surface area contributed by atoms with E-state index < -0.39 is 0 Å². The monoisotopic (exact) mass is 360 g/mol. The van der Waals surface area contributed by atoms with Crippen molar-refractivity contribution in [2.75, 3.05) is 11.4 Å². The van der Waals surface area contributed by atoms with Crippen LogP contribution in [0.1, 0.15) is 6.92 Å².